The minimum Gasteiger partial charge on any atom is -0.493 e. The lowest BCUT2D eigenvalue weighted by molar-refractivity contribution is 0.0585. The van der Waals surface area contributed by atoms with Crippen molar-refractivity contribution in [2.75, 3.05) is 27.3 Å². The maximum absolute atomic E-state index is 13.0. The number of aromatic nitrogens is 2. The minimum absolute atomic E-state index is 0.00800. The molecule has 3 aromatic rings. The molecule has 0 saturated carbocycles. The van der Waals surface area contributed by atoms with Gasteiger partial charge in [-0.05, 0) is 18.2 Å². The number of nitrogens with zero attached hydrogens (tertiary/aromatic N) is 3. The zero-order valence-electron chi connectivity index (χ0n) is 16.5. The Kier molecular flexibility index (Phi) is 5.46. The molecule has 0 spiro atoms. The van der Waals surface area contributed by atoms with Gasteiger partial charge in [-0.2, -0.15) is 5.10 Å². The molecular weight excluding hydrogens is 370 g/mol. The molecule has 1 aromatic heterocycles. The van der Waals surface area contributed by atoms with Crippen LogP contribution in [0.5, 0.6) is 17.4 Å². The molecule has 0 atom stereocenters. The Hall–Kier alpha value is -3.35. The van der Waals surface area contributed by atoms with Gasteiger partial charge in [-0.15, -0.1) is 5.10 Å². The summed E-state index contributed by atoms with van der Waals surface area (Å²) in [5, 5.41) is 10.1. The fourth-order valence-corrected chi connectivity index (χ4v) is 3.65. The van der Waals surface area contributed by atoms with Gasteiger partial charge in [-0.3, -0.25) is 4.79 Å². The molecule has 0 bridgehead atoms. The van der Waals surface area contributed by atoms with Gasteiger partial charge in [0.1, 0.15) is 6.10 Å². The van der Waals surface area contributed by atoms with Gasteiger partial charge in [0.05, 0.1) is 26.0 Å². The van der Waals surface area contributed by atoms with Gasteiger partial charge in [0, 0.05) is 36.7 Å². The highest BCUT2D eigenvalue weighted by Gasteiger charge is 2.28. The van der Waals surface area contributed by atoms with E-state index in [0.717, 1.165) is 23.6 Å². The SMILES string of the molecule is COc1cccc(C(=O)N2CCC(Oc3nncc4ccccc34)CC2)c1OC. The molecule has 0 radical (unpaired) electrons. The third-order valence-electron chi connectivity index (χ3n) is 5.18. The Labute approximate surface area is 169 Å². The van der Waals surface area contributed by atoms with Crippen molar-refractivity contribution in [3.8, 4) is 17.4 Å². The van der Waals surface area contributed by atoms with Crippen LogP contribution < -0.4 is 14.2 Å². The van der Waals surface area contributed by atoms with Crippen LogP contribution in [0.15, 0.2) is 48.7 Å². The van der Waals surface area contributed by atoms with Crippen molar-refractivity contribution in [2.24, 2.45) is 0 Å². The Bertz CT molecular complexity index is 1010. The average Bonchev–Trinajstić information content (AvgIpc) is 2.78. The number of fused-ring (bicyclic) bond motifs is 1. The summed E-state index contributed by atoms with van der Waals surface area (Å²) in [6.45, 7) is 1.20. The molecule has 1 amide bonds. The summed E-state index contributed by atoms with van der Waals surface area (Å²) < 4.78 is 16.8. The van der Waals surface area contributed by atoms with E-state index in [4.69, 9.17) is 14.2 Å². The van der Waals surface area contributed by atoms with Crippen molar-refractivity contribution in [1.29, 1.82) is 0 Å². The average molecular weight is 393 g/mol. The van der Waals surface area contributed by atoms with E-state index in [-0.39, 0.29) is 12.0 Å². The predicted octanol–water partition coefficient (Wildman–Crippen LogP) is 3.33. The van der Waals surface area contributed by atoms with Crippen molar-refractivity contribution in [1.82, 2.24) is 15.1 Å². The Morgan fingerprint density at radius 1 is 1.03 bits per heavy atom. The zero-order chi connectivity index (χ0) is 20.2. The summed E-state index contributed by atoms with van der Waals surface area (Å²) in [5.41, 5.74) is 0.506. The second-order valence-corrected chi connectivity index (χ2v) is 6.89. The quantitative estimate of drug-likeness (QED) is 0.662. The zero-order valence-corrected chi connectivity index (χ0v) is 16.5. The van der Waals surface area contributed by atoms with Gasteiger partial charge in [0.15, 0.2) is 11.5 Å². The molecule has 0 N–H and O–H groups in total. The summed E-state index contributed by atoms with van der Waals surface area (Å²) in [5.74, 6) is 1.49. The number of hydrogen-bond donors (Lipinski definition) is 0. The number of rotatable bonds is 5. The van der Waals surface area contributed by atoms with Crippen LogP contribution in [0.4, 0.5) is 0 Å². The number of hydrogen-bond acceptors (Lipinski definition) is 6. The molecule has 1 fully saturated rings. The highest BCUT2D eigenvalue weighted by molar-refractivity contribution is 5.98. The molecule has 29 heavy (non-hydrogen) atoms. The molecule has 7 heteroatoms. The lowest BCUT2D eigenvalue weighted by Crippen LogP contribution is -2.42. The largest absolute Gasteiger partial charge is 0.493 e. The van der Waals surface area contributed by atoms with E-state index in [9.17, 15) is 4.79 Å². The molecule has 0 aliphatic carbocycles. The highest BCUT2D eigenvalue weighted by Crippen LogP contribution is 2.32. The van der Waals surface area contributed by atoms with Gasteiger partial charge < -0.3 is 19.1 Å². The molecule has 1 aliphatic heterocycles. The fourth-order valence-electron chi connectivity index (χ4n) is 3.65. The van der Waals surface area contributed by atoms with Crippen LogP contribution in [0.3, 0.4) is 0 Å². The number of amides is 1. The smallest absolute Gasteiger partial charge is 0.257 e. The minimum atomic E-state index is -0.0656. The van der Waals surface area contributed by atoms with Gasteiger partial charge >= 0.3 is 0 Å². The standard InChI is InChI=1S/C22H23N3O4/c1-27-19-9-5-8-18(20(19)28-2)22(26)25-12-10-16(11-13-25)29-21-17-7-4-3-6-15(17)14-23-24-21/h3-9,14,16H,10-13H2,1-2H3. The van der Waals surface area contributed by atoms with Gasteiger partial charge in [0.2, 0.25) is 5.88 Å². The summed E-state index contributed by atoms with van der Waals surface area (Å²) in [6, 6.07) is 13.2. The lowest BCUT2D eigenvalue weighted by Gasteiger charge is -2.32. The fraction of sp³-hybridized carbons (Fsp3) is 0.318. The number of carbonyl (C=O) groups excluding carboxylic acids is 1. The van der Waals surface area contributed by atoms with Gasteiger partial charge in [-0.1, -0.05) is 24.3 Å². The van der Waals surface area contributed by atoms with E-state index in [1.54, 1.807) is 38.6 Å². The van der Waals surface area contributed by atoms with Crippen LogP contribution in [0.1, 0.15) is 23.2 Å². The van der Waals surface area contributed by atoms with Crippen molar-refractivity contribution in [3.63, 3.8) is 0 Å². The van der Waals surface area contributed by atoms with E-state index in [0.29, 0.717) is 36.0 Å². The number of para-hydroxylation sites is 1. The normalized spacial score (nSPS) is 14.6. The molecule has 2 heterocycles. The molecule has 7 nitrogen and oxygen atoms in total. The number of likely N-dealkylation sites (tertiary alicyclic amines) is 1. The van der Waals surface area contributed by atoms with Crippen molar-refractivity contribution in [3.05, 3.63) is 54.2 Å². The van der Waals surface area contributed by atoms with E-state index in [2.05, 4.69) is 10.2 Å². The Morgan fingerprint density at radius 3 is 2.59 bits per heavy atom. The summed E-state index contributed by atoms with van der Waals surface area (Å²) in [4.78, 5) is 14.8. The summed E-state index contributed by atoms with van der Waals surface area (Å²) in [6.07, 6.45) is 3.17. The van der Waals surface area contributed by atoms with Crippen LogP contribution in [-0.2, 0) is 0 Å². The van der Waals surface area contributed by atoms with E-state index >= 15 is 0 Å². The van der Waals surface area contributed by atoms with Crippen LogP contribution in [0, 0.1) is 0 Å². The third-order valence-corrected chi connectivity index (χ3v) is 5.18. The van der Waals surface area contributed by atoms with Crippen LogP contribution in [-0.4, -0.2) is 54.4 Å². The second-order valence-electron chi connectivity index (χ2n) is 6.89. The van der Waals surface area contributed by atoms with E-state index < -0.39 is 0 Å². The van der Waals surface area contributed by atoms with Crippen molar-refractivity contribution in [2.45, 2.75) is 18.9 Å². The first kappa shape index (κ1) is 19.0. The van der Waals surface area contributed by atoms with Crippen LogP contribution >= 0.6 is 0 Å². The molecule has 0 unspecified atom stereocenters. The summed E-state index contributed by atoms with van der Waals surface area (Å²) >= 11 is 0. The molecule has 4 rings (SSSR count). The number of carbonyl (C=O) groups is 1. The summed E-state index contributed by atoms with van der Waals surface area (Å²) in [7, 11) is 3.10. The second kappa shape index (κ2) is 8.34. The first-order valence-electron chi connectivity index (χ1n) is 9.58. The maximum Gasteiger partial charge on any atom is 0.257 e. The Morgan fingerprint density at radius 2 is 1.83 bits per heavy atom. The monoisotopic (exact) mass is 393 g/mol. The van der Waals surface area contributed by atoms with Crippen LogP contribution in [0.2, 0.25) is 0 Å². The van der Waals surface area contributed by atoms with Gasteiger partial charge in [-0.25, -0.2) is 0 Å². The highest BCUT2D eigenvalue weighted by atomic mass is 16.5. The lowest BCUT2D eigenvalue weighted by atomic mass is 10.1. The predicted molar refractivity (Wildman–Crippen MR) is 109 cm³/mol. The van der Waals surface area contributed by atoms with E-state index in [1.165, 1.54) is 0 Å². The first-order chi connectivity index (χ1) is 14.2. The number of piperidine rings is 1. The number of ether oxygens (including phenoxy) is 3. The molecule has 2 aromatic carbocycles. The van der Waals surface area contributed by atoms with Crippen LogP contribution in [0.25, 0.3) is 10.8 Å². The molecule has 1 aliphatic rings. The number of methoxy groups -OCH3 is 2. The first-order valence-corrected chi connectivity index (χ1v) is 9.58. The number of benzene rings is 2. The molecule has 1 saturated heterocycles. The third kappa shape index (κ3) is 3.81. The van der Waals surface area contributed by atoms with Crippen molar-refractivity contribution >= 4 is 16.7 Å². The van der Waals surface area contributed by atoms with Gasteiger partial charge in [0.25, 0.3) is 5.91 Å². The molecular formula is C22H23N3O4. The van der Waals surface area contributed by atoms with E-state index in [1.807, 2.05) is 29.2 Å². The maximum atomic E-state index is 13.0. The van der Waals surface area contributed by atoms with Crippen molar-refractivity contribution < 1.29 is 19.0 Å². The molecule has 150 valence electrons. The topological polar surface area (TPSA) is 73.8 Å². The Balaban J connectivity index is 1.44.